The van der Waals surface area contributed by atoms with E-state index in [1.54, 1.807) is 0 Å². The van der Waals surface area contributed by atoms with Crippen LogP contribution in [0.4, 0.5) is 0 Å². The van der Waals surface area contributed by atoms with Crippen LogP contribution in [-0.4, -0.2) is 48.9 Å². The molecule has 144 valence electrons. The van der Waals surface area contributed by atoms with Gasteiger partial charge in [-0.3, -0.25) is 9.59 Å². The molecule has 1 aliphatic heterocycles. The number of nitrogens with one attached hydrogen (secondary N) is 2. The van der Waals surface area contributed by atoms with Crippen molar-refractivity contribution in [3.63, 3.8) is 0 Å². The summed E-state index contributed by atoms with van der Waals surface area (Å²) >= 11 is 0. The van der Waals surface area contributed by atoms with Gasteiger partial charge >= 0.3 is 0 Å². The Morgan fingerprint density at radius 3 is 1.96 bits per heavy atom. The van der Waals surface area contributed by atoms with Crippen LogP contribution >= 0.6 is 0 Å². The third-order valence-electron chi connectivity index (χ3n) is 5.81. The number of rotatable bonds is 6. The molecule has 0 bridgehead atoms. The predicted molar refractivity (Wildman–Crippen MR) is 101 cm³/mol. The average molecular weight is 352 g/mol. The van der Waals surface area contributed by atoms with Crippen LogP contribution in [0.1, 0.15) is 65.7 Å². The smallest absolute Gasteiger partial charge is 0.223 e. The second-order valence-electron chi connectivity index (χ2n) is 8.60. The zero-order valence-corrected chi connectivity index (χ0v) is 16.5. The van der Waals surface area contributed by atoms with E-state index in [1.165, 1.54) is 0 Å². The highest BCUT2D eigenvalue weighted by atomic mass is 16.2. The molecule has 5 heteroatoms. The normalized spacial score (nSPS) is 27.1. The second kappa shape index (κ2) is 9.56. The molecule has 1 unspecified atom stereocenters. The summed E-state index contributed by atoms with van der Waals surface area (Å²) in [5, 5.41) is 6.27. The lowest BCUT2D eigenvalue weighted by Gasteiger charge is -2.31. The lowest BCUT2D eigenvalue weighted by molar-refractivity contribution is -0.127. The molecule has 2 N–H and O–H groups in total. The fourth-order valence-electron chi connectivity index (χ4n) is 4.25. The maximum Gasteiger partial charge on any atom is 0.223 e. The van der Waals surface area contributed by atoms with Crippen LogP contribution < -0.4 is 10.6 Å². The van der Waals surface area contributed by atoms with Gasteiger partial charge in [-0.1, -0.05) is 0 Å². The van der Waals surface area contributed by atoms with Gasteiger partial charge in [0.1, 0.15) is 0 Å². The van der Waals surface area contributed by atoms with Crippen molar-refractivity contribution in [2.75, 3.05) is 20.1 Å². The molecule has 2 rings (SSSR count). The molecule has 0 radical (unpaired) electrons. The summed E-state index contributed by atoms with van der Waals surface area (Å²) in [4.78, 5) is 26.8. The first-order valence-corrected chi connectivity index (χ1v) is 10.1. The third kappa shape index (κ3) is 6.61. The van der Waals surface area contributed by atoms with E-state index in [0.717, 1.165) is 58.0 Å². The van der Waals surface area contributed by atoms with Crippen molar-refractivity contribution < 1.29 is 9.59 Å². The topological polar surface area (TPSA) is 61.4 Å². The number of nitrogens with zero attached hydrogens (tertiary/aromatic N) is 1. The Kier molecular flexibility index (Phi) is 7.73. The van der Waals surface area contributed by atoms with Crippen LogP contribution in [0.15, 0.2) is 0 Å². The largest absolute Gasteiger partial charge is 0.354 e. The Labute approximate surface area is 153 Å². The zero-order valence-electron chi connectivity index (χ0n) is 16.5. The summed E-state index contributed by atoms with van der Waals surface area (Å²) in [6.07, 6.45) is 7.17. The molecular weight excluding hydrogens is 314 g/mol. The van der Waals surface area contributed by atoms with Gasteiger partial charge in [0.05, 0.1) is 0 Å². The van der Waals surface area contributed by atoms with Gasteiger partial charge in [0.2, 0.25) is 11.8 Å². The van der Waals surface area contributed by atoms with E-state index in [-0.39, 0.29) is 35.7 Å². The van der Waals surface area contributed by atoms with E-state index in [0.29, 0.717) is 5.92 Å². The maximum atomic E-state index is 12.4. The van der Waals surface area contributed by atoms with Crippen molar-refractivity contribution in [1.82, 2.24) is 15.5 Å². The van der Waals surface area contributed by atoms with Crippen molar-refractivity contribution in [2.24, 2.45) is 17.8 Å². The molecule has 0 aromatic rings. The highest BCUT2D eigenvalue weighted by Crippen LogP contribution is 2.32. The van der Waals surface area contributed by atoms with Crippen molar-refractivity contribution in [2.45, 2.75) is 77.8 Å². The molecular formula is C20H37N3O2. The Balaban J connectivity index is 1.67. The molecule has 5 nitrogen and oxygen atoms in total. The molecule has 2 amide bonds. The summed E-state index contributed by atoms with van der Waals surface area (Å²) in [6, 6.07) is 0.457. The Hall–Kier alpha value is -1.10. The molecule has 1 atom stereocenters. The summed E-state index contributed by atoms with van der Waals surface area (Å²) in [5.41, 5.74) is 0. The minimum atomic E-state index is 0.183. The van der Waals surface area contributed by atoms with Crippen LogP contribution in [0.25, 0.3) is 0 Å². The molecule has 1 saturated carbocycles. The van der Waals surface area contributed by atoms with E-state index in [9.17, 15) is 9.59 Å². The van der Waals surface area contributed by atoms with E-state index >= 15 is 0 Å². The van der Waals surface area contributed by atoms with E-state index in [2.05, 4.69) is 29.5 Å². The van der Waals surface area contributed by atoms with Crippen LogP contribution in [-0.2, 0) is 9.59 Å². The average Bonchev–Trinajstić information content (AvgIpc) is 2.55. The summed E-state index contributed by atoms with van der Waals surface area (Å²) in [7, 11) is 2.12. The SMILES string of the molecule is CC(C)NC(=O)C1CCC(CC(C)NC(=O)C2CCN(C)CC2)CC1. The number of amides is 2. The van der Waals surface area contributed by atoms with Crippen molar-refractivity contribution in [3.8, 4) is 0 Å². The lowest BCUT2D eigenvalue weighted by Crippen LogP contribution is -2.43. The Bertz CT molecular complexity index is 436. The number of hydrogen-bond acceptors (Lipinski definition) is 3. The summed E-state index contributed by atoms with van der Waals surface area (Å²) < 4.78 is 0. The first-order valence-electron chi connectivity index (χ1n) is 10.1. The fourth-order valence-corrected chi connectivity index (χ4v) is 4.25. The van der Waals surface area contributed by atoms with Gasteiger partial charge < -0.3 is 15.5 Å². The number of carbonyl (C=O) groups excluding carboxylic acids is 2. The van der Waals surface area contributed by atoms with Gasteiger partial charge in [0.25, 0.3) is 0 Å². The number of likely N-dealkylation sites (tertiary alicyclic amines) is 1. The van der Waals surface area contributed by atoms with Gasteiger partial charge in [-0.2, -0.15) is 0 Å². The second-order valence-corrected chi connectivity index (χ2v) is 8.60. The fraction of sp³-hybridized carbons (Fsp3) is 0.900. The van der Waals surface area contributed by atoms with Crippen molar-refractivity contribution >= 4 is 11.8 Å². The van der Waals surface area contributed by atoms with Gasteiger partial charge in [-0.05, 0) is 91.8 Å². The van der Waals surface area contributed by atoms with Gasteiger partial charge in [0, 0.05) is 23.9 Å². The minimum Gasteiger partial charge on any atom is -0.354 e. The first-order chi connectivity index (χ1) is 11.8. The summed E-state index contributed by atoms with van der Waals surface area (Å²) in [6.45, 7) is 8.20. The highest BCUT2D eigenvalue weighted by Gasteiger charge is 2.29. The van der Waals surface area contributed by atoms with Crippen LogP contribution in [0.5, 0.6) is 0 Å². The minimum absolute atomic E-state index is 0.183. The highest BCUT2D eigenvalue weighted by molar-refractivity contribution is 5.79. The van der Waals surface area contributed by atoms with Crippen LogP contribution in [0.3, 0.4) is 0 Å². The van der Waals surface area contributed by atoms with Crippen LogP contribution in [0, 0.1) is 17.8 Å². The third-order valence-corrected chi connectivity index (χ3v) is 5.81. The Morgan fingerprint density at radius 1 is 0.880 bits per heavy atom. The van der Waals surface area contributed by atoms with Gasteiger partial charge in [0.15, 0.2) is 0 Å². The van der Waals surface area contributed by atoms with E-state index < -0.39 is 0 Å². The number of carbonyl (C=O) groups is 2. The first kappa shape index (κ1) is 20.2. The monoisotopic (exact) mass is 351 g/mol. The quantitative estimate of drug-likeness (QED) is 0.773. The molecule has 2 aliphatic rings. The van der Waals surface area contributed by atoms with Gasteiger partial charge in [-0.25, -0.2) is 0 Å². The predicted octanol–water partition coefficient (Wildman–Crippen LogP) is 2.55. The molecule has 0 spiro atoms. The molecule has 25 heavy (non-hydrogen) atoms. The van der Waals surface area contributed by atoms with Crippen molar-refractivity contribution in [1.29, 1.82) is 0 Å². The van der Waals surface area contributed by atoms with Crippen molar-refractivity contribution in [3.05, 3.63) is 0 Å². The number of piperidine rings is 1. The standard InChI is InChI=1S/C20H37N3O2/c1-14(2)21-19(24)17-7-5-16(6-8-17)13-15(3)22-20(25)18-9-11-23(4)12-10-18/h14-18H,5-13H2,1-4H3,(H,21,24)(H,22,25). The molecule has 1 saturated heterocycles. The van der Waals surface area contributed by atoms with E-state index in [1.807, 2.05) is 13.8 Å². The molecule has 1 heterocycles. The molecule has 0 aromatic heterocycles. The van der Waals surface area contributed by atoms with Crippen LogP contribution in [0.2, 0.25) is 0 Å². The molecule has 1 aliphatic carbocycles. The molecule has 2 fully saturated rings. The zero-order chi connectivity index (χ0) is 18.4. The number of hydrogen-bond donors (Lipinski definition) is 2. The van der Waals surface area contributed by atoms with Gasteiger partial charge in [-0.15, -0.1) is 0 Å². The maximum absolute atomic E-state index is 12.4. The Morgan fingerprint density at radius 2 is 1.40 bits per heavy atom. The lowest BCUT2D eigenvalue weighted by atomic mass is 9.79. The summed E-state index contributed by atoms with van der Waals surface area (Å²) in [5.74, 6) is 1.47. The molecule has 0 aromatic carbocycles. The van der Waals surface area contributed by atoms with E-state index in [4.69, 9.17) is 0 Å².